The number of halogens is 1. The van der Waals surface area contributed by atoms with Gasteiger partial charge in [0, 0.05) is 5.56 Å². The first-order chi connectivity index (χ1) is 12.1. The number of ether oxygens (including phenoxy) is 1. The van der Waals surface area contributed by atoms with Crippen molar-refractivity contribution in [2.45, 2.75) is 45.4 Å². The molecule has 0 bridgehead atoms. The van der Waals surface area contributed by atoms with Gasteiger partial charge in [0.2, 0.25) is 0 Å². The summed E-state index contributed by atoms with van der Waals surface area (Å²) < 4.78 is 19.8. The van der Waals surface area contributed by atoms with Crippen LogP contribution in [-0.2, 0) is 0 Å². The molecule has 0 spiro atoms. The van der Waals surface area contributed by atoms with Crippen molar-refractivity contribution in [3.8, 4) is 16.9 Å². The predicted octanol–water partition coefficient (Wildman–Crippen LogP) is 3.91. The van der Waals surface area contributed by atoms with Crippen LogP contribution >= 0.6 is 0 Å². The van der Waals surface area contributed by atoms with E-state index in [9.17, 15) is 4.39 Å². The molecule has 2 aromatic carbocycles. The van der Waals surface area contributed by atoms with Crippen molar-refractivity contribution in [1.29, 1.82) is 0 Å². The highest BCUT2D eigenvalue weighted by molar-refractivity contribution is 6.58. The molecule has 0 unspecified atom stereocenters. The van der Waals surface area contributed by atoms with Crippen LogP contribution in [0.1, 0.15) is 45.4 Å². The molecule has 0 aromatic heterocycles. The minimum absolute atomic E-state index is 0.139. The van der Waals surface area contributed by atoms with E-state index in [0.717, 1.165) is 23.8 Å². The van der Waals surface area contributed by atoms with Gasteiger partial charge in [-0.1, -0.05) is 63.3 Å². The van der Waals surface area contributed by atoms with Crippen molar-refractivity contribution in [3.05, 3.63) is 48.3 Å². The van der Waals surface area contributed by atoms with Crippen LogP contribution in [0, 0.1) is 5.82 Å². The Kier molecular flexibility index (Phi) is 7.96. The number of unbranched alkanes of at least 4 members (excludes halogenated alkanes) is 5. The van der Waals surface area contributed by atoms with Crippen molar-refractivity contribution in [2.75, 3.05) is 6.61 Å². The lowest BCUT2D eigenvalue weighted by Crippen LogP contribution is -2.29. The molecule has 0 saturated carbocycles. The van der Waals surface area contributed by atoms with Crippen LogP contribution in [0.4, 0.5) is 4.39 Å². The first-order valence-electron chi connectivity index (χ1n) is 9.00. The summed E-state index contributed by atoms with van der Waals surface area (Å²) in [5.41, 5.74) is 1.29. The molecular formula is C20H26BFO3. The van der Waals surface area contributed by atoms with Gasteiger partial charge in [-0.3, -0.25) is 0 Å². The summed E-state index contributed by atoms with van der Waals surface area (Å²) in [5, 5.41) is 18.2. The SMILES string of the molecule is CCCCCCCCOc1ccc(-c2ccc(B(O)O)cc2F)cc1. The van der Waals surface area contributed by atoms with Gasteiger partial charge in [-0.05, 0) is 35.6 Å². The van der Waals surface area contributed by atoms with Gasteiger partial charge in [-0.25, -0.2) is 4.39 Å². The van der Waals surface area contributed by atoms with Gasteiger partial charge in [-0.15, -0.1) is 0 Å². The lowest BCUT2D eigenvalue weighted by atomic mass is 9.79. The lowest BCUT2D eigenvalue weighted by Gasteiger charge is -2.09. The van der Waals surface area contributed by atoms with E-state index in [1.165, 1.54) is 38.2 Å². The number of hydrogen-bond acceptors (Lipinski definition) is 3. The van der Waals surface area contributed by atoms with E-state index in [4.69, 9.17) is 14.8 Å². The summed E-state index contributed by atoms with van der Waals surface area (Å²) in [6.45, 7) is 2.91. The van der Waals surface area contributed by atoms with Crippen molar-refractivity contribution < 1.29 is 19.2 Å². The Balaban J connectivity index is 1.85. The largest absolute Gasteiger partial charge is 0.494 e. The molecule has 0 saturated heterocycles. The highest BCUT2D eigenvalue weighted by Crippen LogP contribution is 2.24. The molecule has 5 heteroatoms. The second-order valence-electron chi connectivity index (χ2n) is 6.25. The van der Waals surface area contributed by atoms with Crippen LogP contribution in [0.25, 0.3) is 11.1 Å². The molecule has 0 amide bonds. The Labute approximate surface area is 149 Å². The molecule has 0 aliphatic rings. The highest BCUT2D eigenvalue weighted by atomic mass is 19.1. The van der Waals surface area contributed by atoms with E-state index in [-0.39, 0.29) is 5.46 Å². The van der Waals surface area contributed by atoms with Crippen molar-refractivity contribution in [2.24, 2.45) is 0 Å². The van der Waals surface area contributed by atoms with Crippen LogP contribution in [0.15, 0.2) is 42.5 Å². The zero-order chi connectivity index (χ0) is 18.1. The van der Waals surface area contributed by atoms with Gasteiger partial charge in [0.25, 0.3) is 0 Å². The van der Waals surface area contributed by atoms with E-state index in [1.807, 2.05) is 24.3 Å². The molecule has 3 nitrogen and oxygen atoms in total. The van der Waals surface area contributed by atoms with E-state index >= 15 is 0 Å². The van der Waals surface area contributed by atoms with Gasteiger partial charge in [0.15, 0.2) is 0 Å². The Morgan fingerprint density at radius 1 is 0.920 bits per heavy atom. The fourth-order valence-electron chi connectivity index (χ4n) is 2.73. The molecule has 0 aliphatic carbocycles. The molecule has 0 fully saturated rings. The van der Waals surface area contributed by atoms with Crippen LogP contribution in [0.3, 0.4) is 0 Å². The molecular weight excluding hydrogens is 318 g/mol. The van der Waals surface area contributed by atoms with Crippen molar-refractivity contribution in [3.63, 3.8) is 0 Å². The molecule has 2 aromatic rings. The Morgan fingerprint density at radius 2 is 1.60 bits per heavy atom. The van der Waals surface area contributed by atoms with Gasteiger partial charge in [0.05, 0.1) is 6.61 Å². The van der Waals surface area contributed by atoms with Crippen molar-refractivity contribution in [1.82, 2.24) is 0 Å². The van der Waals surface area contributed by atoms with Crippen LogP contribution in [0.2, 0.25) is 0 Å². The van der Waals surface area contributed by atoms with Crippen LogP contribution < -0.4 is 10.2 Å². The molecule has 2 N–H and O–H groups in total. The Bertz CT molecular complexity index is 644. The number of benzene rings is 2. The zero-order valence-electron chi connectivity index (χ0n) is 14.7. The molecule has 0 heterocycles. The van der Waals surface area contributed by atoms with Crippen LogP contribution in [0.5, 0.6) is 5.75 Å². The third kappa shape index (κ3) is 6.18. The fourth-order valence-corrected chi connectivity index (χ4v) is 2.73. The van der Waals surface area contributed by atoms with Gasteiger partial charge < -0.3 is 14.8 Å². The summed E-state index contributed by atoms with van der Waals surface area (Å²) in [6.07, 6.45) is 7.35. The molecule has 0 aliphatic heterocycles. The highest BCUT2D eigenvalue weighted by Gasteiger charge is 2.14. The maximum Gasteiger partial charge on any atom is 0.488 e. The standard InChI is InChI=1S/C20H26BFO3/c1-2-3-4-5-6-7-14-25-18-11-8-16(9-12-18)19-13-10-17(21(23)24)15-20(19)22/h8-13,15,23-24H,2-7,14H2,1H3. The van der Waals surface area contributed by atoms with Crippen LogP contribution in [-0.4, -0.2) is 23.8 Å². The maximum atomic E-state index is 14.1. The number of hydrogen-bond donors (Lipinski definition) is 2. The molecule has 25 heavy (non-hydrogen) atoms. The predicted molar refractivity (Wildman–Crippen MR) is 101 cm³/mol. The average Bonchev–Trinajstić information content (AvgIpc) is 2.61. The van der Waals surface area contributed by atoms with E-state index < -0.39 is 12.9 Å². The minimum atomic E-state index is -1.67. The molecule has 0 atom stereocenters. The molecule has 134 valence electrons. The third-order valence-electron chi connectivity index (χ3n) is 4.22. The van der Waals surface area contributed by atoms with E-state index in [0.29, 0.717) is 12.2 Å². The average molecular weight is 344 g/mol. The third-order valence-corrected chi connectivity index (χ3v) is 4.22. The molecule has 2 rings (SSSR count). The van der Waals surface area contributed by atoms with Gasteiger partial charge in [-0.2, -0.15) is 0 Å². The second-order valence-corrected chi connectivity index (χ2v) is 6.25. The Morgan fingerprint density at radius 3 is 2.24 bits per heavy atom. The second kappa shape index (κ2) is 10.2. The van der Waals surface area contributed by atoms with Gasteiger partial charge >= 0.3 is 7.12 Å². The quantitative estimate of drug-likeness (QED) is 0.507. The minimum Gasteiger partial charge on any atom is -0.494 e. The first kappa shape index (κ1) is 19.5. The monoisotopic (exact) mass is 344 g/mol. The number of rotatable bonds is 10. The zero-order valence-corrected chi connectivity index (χ0v) is 14.7. The summed E-state index contributed by atoms with van der Waals surface area (Å²) in [5.74, 6) is 0.298. The first-order valence-corrected chi connectivity index (χ1v) is 9.00. The summed E-state index contributed by atoms with van der Waals surface area (Å²) in [6, 6.07) is 11.5. The van der Waals surface area contributed by atoms with Crippen molar-refractivity contribution >= 4 is 12.6 Å². The maximum absolute atomic E-state index is 14.1. The normalized spacial score (nSPS) is 10.7. The van der Waals surface area contributed by atoms with Gasteiger partial charge in [0.1, 0.15) is 11.6 Å². The van der Waals surface area contributed by atoms with E-state index in [2.05, 4.69) is 6.92 Å². The summed E-state index contributed by atoms with van der Waals surface area (Å²) in [4.78, 5) is 0. The fraction of sp³-hybridized carbons (Fsp3) is 0.400. The lowest BCUT2D eigenvalue weighted by molar-refractivity contribution is 0.304. The summed E-state index contributed by atoms with van der Waals surface area (Å²) in [7, 11) is -1.67. The van der Waals surface area contributed by atoms with E-state index in [1.54, 1.807) is 6.07 Å². The topological polar surface area (TPSA) is 49.7 Å². The Hall–Kier alpha value is -1.85. The smallest absolute Gasteiger partial charge is 0.488 e. The summed E-state index contributed by atoms with van der Waals surface area (Å²) >= 11 is 0. The molecule has 0 radical (unpaired) electrons.